The summed E-state index contributed by atoms with van der Waals surface area (Å²) in [7, 11) is 1.50. The molecule has 1 amide bonds. The number of pyridine rings is 2. The van der Waals surface area contributed by atoms with Gasteiger partial charge in [0, 0.05) is 35.5 Å². The largest absolute Gasteiger partial charge is 0.497 e. The molecule has 0 atom stereocenters. The van der Waals surface area contributed by atoms with Crippen molar-refractivity contribution in [2.45, 2.75) is 20.4 Å². The van der Waals surface area contributed by atoms with Crippen LogP contribution in [0.5, 0.6) is 5.75 Å². The molecule has 0 spiro atoms. The number of carbonyl (C=O) groups is 2. The van der Waals surface area contributed by atoms with Crippen molar-refractivity contribution in [3.63, 3.8) is 0 Å². The number of aromatic amines is 1. The number of benzene rings is 2. The zero-order chi connectivity index (χ0) is 24.4. The highest BCUT2D eigenvalue weighted by atomic mass is 16.5. The van der Waals surface area contributed by atoms with Gasteiger partial charge in [-0.1, -0.05) is 0 Å². The Kier molecular flexibility index (Phi) is 6.18. The number of methoxy groups -OCH3 is 1. The molecule has 0 fully saturated rings. The monoisotopic (exact) mass is 461 g/mol. The molecule has 34 heavy (non-hydrogen) atoms. The second kappa shape index (κ2) is 9.22. The van der Waals surface area contributed by atoms with Crippen LogP contribution in [-0.4, -0.2) is 35.1 Å². The Balaban J connectivity index is 1.75. The maximum Gasteiger partial charge on any atom is 0.343 e. The third-order valence-corrected chi connectivity index (χ3v) is 5.51. The fraction of sp³-hybridized carbons (Fsp3) is 0.200. The maximum atomic E-state index is 13.1. The summed E-state index contributed by atoms with van der Waals surface area (Å²) in [6.07, 6.45) is 2.82. The van der Waals surface area contributed by atoms with E-state index in [1.165, 1.54) is 25.6 Å². The molecule has 0 saturated carbocycles. The van der Waals surface area contributed by atoms with Crippen molar-refractivity contribution in [2.24, 2.45) is 0 Å². The first-order valence-corrected chi connectivity index (χ1v) is 10.7. The molecule has 0 aliphatic rings. The van der Waals surface area contributed by atoms with E-state index in [2.05, 4.69) is 10.3 Å². The predicted octanol–water partition coefficient (Wildman–Crippen LogP) is 3.30. The van der Waals surface area contributed by atoms with Crippen molar-refractivity contribution in [1.82, 2.24) is 9.55 Å². The lowest BCUT2D eigenvalue weighted by Gasteiger charge is -2.13. The SMILES string of the molecule is CCOC(=O)c1c[nH]c2ccc(NC(=O)c3cn(CC)c4ccc(OC)cc4c3=O)cc2c1=O. The number of esters is 1. The summed E-state index contributed by atoms with van der Waals surface area (Å²) < 4.78 is 12.0. The van der Waals surface area contributed by atoms with Crippen LogP contribution in [0.1, 0.15) is 34.6 Å². The molecule has 9 heteroatoms. The van der Waals surface area contributed by atoms with Gasteiger partial charge in [0.1, 0.15) is 16.9 Å². The first kappa shape index (κ1) is 22.8. The highest BCUT2D eigenvalue weighted by Gasteiger charge is 2.18. The fourth-order valence-electron chi connectivity index (χ4n) is 3.78. The number of carbonyl (C=O) groups excluding carboxylic acids is 2. The van der Waals surface area contributed by atoms with E-state index < -0.39 is 22.7 Å². The van der Waals surface area contributed by atoms with Crippen LogP contribution in [-0.2, 0) is 11.3 Å². The minimum Gasteiger partial charge on any atom is -0.497 e. The minimum absolute atomic E-state index is 0.0446. The van der Waals surface area contributed by atoms with Crippen molar-refractivity contribution < 1.29 is 19.1 Å². The smallest absolute Gasteiger partial charge is 0.343 e. The summed E-state index contributed by atoms with van der Waals surface area (Å²) in [5, 5.41) is 3.25. The lowest BCUT2D eigenvalue weighted by Crippen LogP contribution is -2.24. The topological polar surface area (TPSA) is 119 Å². The summed E-state index contributed by atoms with van der Waals surface area (Å²) in [5.74, 6) is -0.836. The summed E-state index contributed by atoms with van der Waals surface area (Å²) >= 11 is 0. The van der Waals surface area contributed by atoms with Gasteiger partial charge in [-0.15, -0.1) is 0 Å². The summed E-state index contributed by atoms with van der Waals surface area (Å²) in [6.45, 7) is 4.24. The highest BCUT2D eigenvalue weighted by Crippen LogP contribution is 2.20. The van der Waals surface area contributed by atoms with Crippen LogP contribution in [0.4, 0.5) is 5.69 Å². The molecule has 0 unspecified atom stereocenters. The average molecular weight is 461 g/mol. The number of anilines is 1. The number of amides is 1. The van der Waals surface area contributed by atoms with Crippen LogP contribution in [0, 0.1) is 0 Å². The quantitative estimate of drug-likeness (QED) is 0.425. The molecule has 0 aliphatic heterocycles. The van der Waals surface area contributed by atoms with Crippen LogP contribution in [0.15, 0.2) is 58.4 Å². The number of rotatable bonds is 6. The second-order valence-corrected chi connectivity index (χ2v) is 7.51. The zero-order valence-corrected chi connectivity index (χ0v) is 18.9. The third-order valence-electron chi connectivity index (χ3n) is 5.51. The second-order valence-electron chi connectivity index (χ2n) is 7.51. The number of H-pyrrole nitrogens is 1. The van der Waals surface area contributed by atoms with Crippen molar-refractivity contribution in [3.8, 4) is 5.75 Å². The van der Waals surface area contributed by atoms with Crippen LogP contribution in [0.3, 0.4) is 0 Å². The molecule has 2 heterocycles. The van der Waals surface area contributed by atoms with Gasteiger partial charge in [0.25, 0.3) is 5.91 Å². The normalized spacial score (nSPS) is 10.9. The molecule has 4 rings (SSSR count). The molecule has 174 valence electrons. The summed E-state index contributed by atoms with van der Waals surface area (Å²) in [5.41, 5.74) is 0.353. The predicted molar refractivity (Wildman–Crippen MR) is 129 cm³/mol. The number of ether oxygens (including phenoxy) is 2. The van der Waals surface area contributed by atoms with E-state index in [1.807, 2.05) is 11.5 Å². The van der Waals surface area contributed by atoms with Gasteiger partial charge in [-0.2, -0.15) is 0 Å². The molecule has 9 nitrogen and oxygen atoms in total. The Morgan fingerprint density at radius 3 is 2.47 bits per heavy atom. The lowest BCUT2D eigenvalue weighted by molar-refractivity contribution is 0.0524. The van der Waals surface area contributed by atoms with E-state index in [1.54, 1.807) is 37.3 Å². The number of nitrogens with zero attached hydrogens (tertiary/aromatic N) is 1. The number of hydrogen-bond acceptors (Lipinski definition) is 6. The molecule has 4 aromatic rings. The van der Waals surface area contributed by atoms with Crippen molar-refractivity contribution >= 4 is 39.4 Å². The first-order chi connectivity index (χ1) is 16.4. The van der Waals surface area contributed by atoms with Gasteiger partial charge in [0.05, 0.1) is 24.6 Å². The Hall–Kier alpha value is -4.40. The fourth-order valence-corrected chi connectivity index (χ4v) is 3.78. The number of aryl methyl sites for hydroxylation is 1. The summed E-state index contributed by atoms with van der Waals surface area (Å²) in [6, 6.07) is 9.80. The van der Waals surface area contributed by atoms with Crippen LogP contribution < -0.4 is 20.9 Å². The average Bonchev–Trinajstić information content (AvgIpc) is 2.84. The maximum absolute atomic E-state index is 13.1. The standard InChI is InChI=1S/C25H23N3O6/c1-4-28-13-19(23(30)17-11-15(33-3)7-9-21(17)28)24(31)27-14-6-8-20-16(10-14)22(29)18(12-26-20)25(32)34-5-2/h6-13H,4-5H2,1-3H3,(H,26,29)(H,27,31). The third kappa shape index (κ3) is 4.03. The van der Waals surface area contributed by atoms with Gasteiger partial charge in [0.2, 0.25) is 10.9 Å². The van der Waals surface area contributed by atoms with E-state index in [0.29, 0.717) is 34.4 Å². The van der Waals surface area contributed by atoms with Gasteiger partial charge in [-0.25, -0.2) is 4.79 Å². The minimum atomic E-state index is -0.730. The van der Waals surface area contributed by atoms with Gasteiger partial charge >= 0.3 is 5.97 Å². The van der Waals surface area contributed by atoms with Gasteiger partial charge in [0.15, 0.2) is 0 Å². The molecular weight excluding hydrogens is 438 g/mol. The highest BCUT2D eigenvalue weighted by molar-refractivity contribution is 6.06. The van der Waals surface area contributed by atoms with Crippen LogP contribution in [0.2, 0.25) is 0 Å². The number of hydrogen-bond donors (Lipinski definition) is 2. The zero-order valence-electron chi connectivity index (χ0n) is 18.9. The number of aromatic nitrogens is 2. The Morgan fingerprint density at radius 2 is 1.76 bits per heavy atom. The van der Waals surface area contributed by atoms with Crippen molar-refractivity contribution in [1.29, 1.82) is 0 Å². The van der Waals surface area contributed by atoms with Crippen LogP contribution in [0.25, 0.3) is 21.8 Å². The van der Waals surface area contributed by atoms with E-state index in [0.717, 1.165) is 0 Å². The van der Waals surface area contributed by atoms with E-state index >= 15 is 0 Å². The molecular formula is C25H23N3O6. The molecule has 2 aromatic heterocycles. The molecule has 2 N–H and O–H groups in total. The molecule has 0 aliphatic carbocycles. The van der Waals surface area contributed by atoms with E-state index in [4.69, 9.17) is 9.47 Å². The first-order valence-electron chi connectivity index (χ1n) is 10.7. The Morgan fingerprint density at radius 1 is 1.00 bits per heavy atom. The van der Waals surface area contributed by atoms with Crippen LogP contribution >= 0.6 is 0 Å². The molecule has 0 bridgehead atoms. The van der Waals surface area contributed by atoms with E-state index in [9.17, 15) is 19.2 Å². The summed E-state index contributed by atoms with van der Waals surface area (Å²) in [4.78, 5) is 53.9. The molecule has 2 aromatic carbocycles. The number of nitrogens with one attached hydrogen (secondary N) is 2. The lowest BCUT2D eigenvalue weighted by atomic mass is 10.1. The van der Waals surface area contributed by atoms with Gasteiger partial charge in [-0.3, -0.25) is 14.4 Å². The molecule has 0 saturated heterocycles. The van der Waals surface area contributed by atoms with E-state index in [-0.39, 0.29) is 23.1 Å². The van der Waals surface area contributed by atoms with Crippen molar-refractivity contribution in [3.05, 3.63) is 80.4 Å². The van der Waals surface area contributed by atoms with Crippen molar-refractivity contribution in [2.75, 3.05) is 19.0 Å². The van der Waals surface area contributed by atoms with Gasteiger partial charge in [-0.05, 0) is 50.2 Å². The molecule has 0 radical (unpaired) electrons. The van der Waals surface area contributed by atoms with Gasteiger partial charge < -0.3 is 24.3 Å². The number of fused-ring (bicyclic) bond motifs is 2. The Bertz CT molecular complexity index is 1550. The Labute approximate surface area is 193 Å².